The first-order valence-corrected chi connectivity index (χ1v) is 11.0. The zero-order valence-corrected chi connectivity index (χ0v) is 18.7. The van der Waals surface area contributed by atoms with Gasteiger partial charge in [-0.15, -0.1) is 0 Å². The lowest BCUT2D eigenvalue weighted by Gasteiger charge is -2.37. The van der Waals surface area contributed by atoms with Crippen LogP contribution >= 0.6 is 0 Å². The van der Waals surface area contributed by atoms with Gasteiger partial charge in [-0.25, -0.2) is 13.2 Å². The largest absolute Gasteiger partial charge is 0.487 e. The van der Waals surface area contributed by atoms with E-state index in [1.807, 2.05) is 18.9 Å². The predicted octanol–water partition coefficient (Wildman–Crippen LogP) is 3.38. The van der Waals surface area contributed by atoms with Gasteiger partial charge in [-0.2, -0.15) is 0 Å². The molecule has 1 unspecified atom stereocenters. The third-order valence-corrected chi connectivity index (χ3v) is 6.38. The van der Waals surface area contributed by atoms with Gasteiger partial charge in [-0.3, -0.25) is 9.59 Å². The summed E-state index contributed by atoms with van der Waals surface area (Å²) in [6.45, 7) is 4.86. The number of pyridine rings is 1. The van der Waals surface area contributed by atoms with Crippen LogP contribution in [0.2, 0.25) is 0 Å². The normalized spacial score (nSPS) is 18.1. The summed E-state index contributed by atoms with van der Waals surface area (Å²) >= 11 is 0. The van der Waals surface area contributed by atoms with Crippen LogP contribution in [0.3, 0.4) is 0 Å². The highest BCUT2D eigenvalue weighted by atomic mass is 19.2. The maximum absolute atomic E-state index is 15.4. The molecule has 7 nitrogen and oxygen atoms in total. The van der Waals surface area contributed by atoms with Crippen LogP contribution in [-0.4, -0.2) is 55.2 Å². The molecule has 3 heterocycles. The lowest BCUT2D eigenvalue weighted by molar-refractivity contribution is 0.102. The quantitative estimate of drug-likeness (QED) is 0.633. The zero-order chi connectivity index (χ0) is 24.1. The van der Waals surface area contributed by atoms with Crippen LogP contribution in [0.4, 0.5) is 24.5 Å². The topological polar surface area (TPSA) is 66.8 Å². The molecule has 1 N–H and O–H groups in total. The summed E-state index contributed by atoms with van der Waals surface area (Å²) in [7, 11) is 2.00. The smallest absolute Gasteiger partial charge is 0.261 e. The number of ether oxygens (including phenoxy) is 1. The number of benzene rings is 2. The zero-order valence-electron chi connectivity index (χ0n) is 18.7. The Labute approximate surface area is 193 Å². The summed E-state index contributed by atoms with van der Waals surface area (Å²) in [5.74, 6) is -3.28. The number of hydrogen-bond acceptors (Lipinski definition) is 5. The number of hydrogen-bond donors (Lipinski definition) is 1. The number of rotatable bonds is 3. The van der Waals surface area contributed by atoms with Crippen LogP contribution in [0.15, 0.2) is 35.3 Å². The first kappa shape index (κ1) is 22.3. The van der Waals surface area contributed by atoms with Gasteiger partial charge in [-0.05, 0) is 32.2 Å². The number of likely N-dealkylation sites (N-methyl/N-ethyl adjacent to an activating group) is 1. The van der Waals surface area contributed by atoms with Gasteiger partial charge in [0.15, 0.2) is 23.2 Å². The van der Waals surface area contributed by atoms with Crippen LogP contribution in [-0.2, 0) is 0 Å². The molecular weight excluding hydrogens is 449 g/mol. The number of halogens is 3. The maximum Gasteiger partial charge on any atom is 0.261 e. The fourth-order valence-electron chi connectivity index (χ4n) is 4.47. The Bertz CT molecular complexity index is 1370. The summed E-state index contributed by atoms with van der Waals surface area (Å²) in [5.41, 5.74) is -0.156. The van der Waals surface area contributed by atoms with Crippen LogP contribution < -0.4 is 20.4 Å². The van der Waals surface area contributed by atoms with E-state index in [-0.39, 0.29) is 29.3 Å². The third-order valence-electron chi connectivity index (χ3n) is 6.38. The molecule has 5 rings (SSSR count). The fourth-order valence-corrected chi connectivity index (χ4v) is 4.47. The maximum atomic E-state index is 15.4. The molecule has 0 spiro atoms. The van der Waals surface area contributed by atoms with Crippen molar-refractivity contribution in [1.29, 1.82) is 0 Å². The number of nitrogens with zero attached hydrogens (tertiary/aromatic N) is 3. The number of carbonyl (C=O) groups is 1. The van der Waals surface area contributed by atoms with Crippen LogP contribution in [0.5, 0.6) is 5.75 Å². The molecule has 178 valence electrons. The summed E-state index contributed by atoms with van der Waals surface area (Å²) < 4.78 is 49.8. The molecule has 0 bridgehead atoms. The summed E-state index contributed by atoms with van der Waals surface area (Å²) in [6, 6.07) is 3.82. The molecule has 3 aromatic rings. The Morgan fingerprint density at radius 3 is 2.50 bits per heavy atom. The molecular formula is C24H23F3N4O3. The van der Waals surface area contributed by atoms with E-state index in [1.54, 1.807) is 4.57 Å². The van der Waals surface area contributed by atoms with Gasteiger partial charge in [0.2, 0.25) is 5.43 Å². The molecule has 34 heavy (non-hydrogen) atoms. The van der Waals surface area contributed by atoms with Gasteiger partial charge in [0, 0.05) is 44.1 Å². The van der Waals surface area contributed by atoms with Gasteiger partial charge < -0.3 is 24.4 Å². The highest BCUT2D eigenvalue weighted by molar-refractivity contribution is 6.06. The molecule has 0 aliphatic carbocycles. The minimum Gasteiger partial charge on any atom is -0.487 e. The highest BCUT2D eigenvalue weighted by Gasteiger charge is 2.31. The number of nitrogens with one attached hydrogen (secondary N) is 1. The molecule has 1 atom stereocenters. The molecule has 10 heteroatoms. The lowest BCUT2D eigenvalue weighted by Crippen LogP contribution is -2.45. The van der Waals surface area contributed by atoms with Crippen molar-refractivity contribution in [3.8, 4) is 5.75 Å². The van der Waals surface area contributed by atoms with Gasteiger partial charge in [0.25, 0.3) is 5.91 Å². The van der Waals surface area contributed by atoms with Crippen molar-refractivity contribution in [3.63, 3.8) is 0 Å². The number of carbonyl (C=O) groups excluding carboxylic acids is 1. The monoisotopic (exact) mass is 472 g/mol. The number of amides is 1. The van der Waals surface area contributed by atoms with Crippen molar-refractivity contribution in [3.05, 3.63) is 63.7 Å². The fraction of sp³-hybridized carbons (Fsp3) is 0.333. The predicted molar refractivity (Wildman–Crippen MR) is 122 cm³/mol. The summed E-state index contributed by atoms with van der Waals surface area (Å²) in [5, 5.41) is 2.44. The Kier molecular flexibility index (Phi) is 5.47. The van der Waals surface area contributed by atoms with Crippen molar-refractivity contribution in [2.75, 3.05) is 50.1 Å². The van der Waals surface area contributed by atoms with Crippen LogP contribution in [0, 0.1) is 17.5 Å². The molecule has 2 aromatic carbocycles. The molecule has 1 fully saturated rings. The van der Waals surface area contributed by atoms with Gasteiger partial charge >= 0.3 is 0 Å². The van der Waals surface area contributed by atoms with Crippen molar-refractivity contribution >= 4 is 28.2 Å². The van der Waals surface area contributed by atoms with Gasteiger partial charge in [-0.1, -0.05) is 0 Å². The number of anilines is 2. The highest BCUT2D eigenvalue weighted by Crippen LogP contribution is 2.42. The van der Waals surface area contributed by atoms with Crippen LogP contribution in [0.25, 0.3) is 10.9 Å². The first-order valence-electron chi connectivity index (χ1n) is 11.0. The van der Waals surface area contributed by atoms with Crippen molar-refractivity contribution < 1.29 is 22.7 Å². The first-order chi connectivity index (χ1) is 16.2. The number of aromatic nitrogens is 1. The molecule has 1 saturated heterocycles. The summed E-state index contributed by atoms with van der Waals surface area (Å²) in [4.78, 5) is 30.2. The van der Waals surface area contributed by atoms with E-state index < -0.39 is 28.8 Å². The van der Waals surface area contributed by atoms with E-state index in [1.165, 1.54) is 12.3 Å². The molecule has 0 radical (unpaired) electrons. The van der Waals surface area contributed by atoms with E-state index in [0.29, 0.717) is 30.0 Å². The molecule has 0 saturated carbocycles. The Morgan fingerprint density at radius 2 is 1.79 bits per heavy atom. The second-order valence-corrected chi connectivity index (χ2v) is 8.74. The van der Waals surface area contributed by atoms with Crippen LogP contribution in [0.1, 0.15) is 23.3 Å². The Balaban J connectivity index is 1.62. The minimum atomic E-state index is -1.13. The van der Waals surface area contributed by atoms with Crippen molar-refractivity contribution in [2.45, 2.75) is 13.0 Å². The van der Waals surface area contributed by atoms with E-state index in [2.05, 4.69) is 10.2 Å². The molecule has 1 aromatic heterocycles. The molecule has 2 aliphatic heterocycles. The average molecular weight is 472 g/mol. The van der Waals surface area contributed by atoms with E-state index in [0.717, 1.165) is 31.3 Å². The molecule has 2 aliphatic rings. The average Bonchev–Trinajstić information content (AvgIpc) is 2.80. The molecule has 1 amide bonds. The van der Waals surface area contributed by atoms with E-state index in [9.17, 15) is 18.4 Å². The minimum absolute atomic E-state index is 0.00398. The second-order valence-electron chi connectivity index (χ2n) is 8.74. The van der Waals surface area contributed by atoms with E-state index >= 15 is 4.39 Å². The standard InChI is InChI=1S/C24H23F3N4O3/c1-13-12-34-23-20-15(10-19(27)21(23)30-7-5-29(2)6-8-30)22(32)16(11-31(13)20)24(33)28-14-3-4-17(25)18(26)9-14/h3-4,9-11,13H,5-8,12H2,1-2H3,(H,28,33). The Morgan fingerprint density at radius 1 is 1.06 bits per heavy atom. The van der Waals surface area contributed by atoms with E-state index in [4.69, 9.17) is 4.74 Å². The van der Waals surface area contributed by atoms with Crippen molar-refractivity contribution in [1.82, 2.24) is 9.47 Å². The second kappa shape index (κ2) is 8.35. The van der Waals surface area contributed by atoms with Crippen molar-refractivity contribution in [2.24, 2.45) is 0 Å². The van der Waals surface area contributed by atoms with Gasteiger partial charge in [0.05, 0.1) is 16.9 Å². The lowest BCUT2D eigenvalue weighted by atomic mass is 10.0. The Hall–Kier alpha value is -3.53. The van der Waals surface area contributed by atoms with Gasteiger partial charge in [0.1, 0.15) is 17.9 Å². The SMILES string of the molecule is CC1COc2c(N3CCN(C)CC3)c(F)cc3c(=O)c(C(=O)Nc4ccc(F)c(F)c4)cn1c23. The summed E-state index contributed by atoms with van der Waals surface area (Å²) in [6.07, 6.45) is 1.42. The third kappa shape index (κ3) is 3.67. The number of piperazine rings is 1.